The van der Waals surface area contributed by atoms with E-state index in [1.54, 1.807) is 0 Å². The molecule has 1 rings (SSSR count). The highest BCUT2D eigenvalue weighted by molar-refractivity contribution is 7.99. The molecule has 0 radical (unpaired) electrons. The molecule has 0 saturated heterocycles. The van der Waals surface area contributed by atoms with Crippen molar-refractivity contribution in [1.29, 1.82) is 0 Å². The molecule has 0 aliphatic carbocycles. The quantitative estimate of drug-likeness (QED) is 0.729. The molecule has 0 bridgehead atoms. The van der Waals surface area contributed by atoms with Crippen LogP contribution in [0.5, 0.6) is 0 Å². The molecule has 1 nitrogen and oxygen atoms in total. The van der Waals surface area contributed by atoms with Gasteiger partial charge in [0, 0.05) is 12.1 Å². The lowest BCUT2D eigenvalue weighted by atomic mass is 10.0. The molecule has 0 fully saturated rings. The van der Waals surface area contributed by atoms with Crippen molar-refractivity contribution in [3.8, 4) is 0 Å². The average molecular weight is 265 g/mol. The Hall–Kier alpha value is -0.470. The Balaban J connectivity index is 2.48. The largest absolute Gasteiger partial charge is 0.308 e. The van der Waals surface area contributed by atoms with Crippen LogP contribution in [0.25, 0.3) is 0 Å². The van der Waals surface area contributed by atoms with E-state index >= 15 is 0 Å². The zero-order valence-corrected chi connectivity index (χ0v) is 13.2. The summed E-state index contributed by atoms with van der Waals surface area (Å²) in [5.74, 6) is 2.48. The second kappa shape index (κ2) is 7.85. The maximum atomic E-state index is 3.69. The van der Waals surface area contributed by atoms with Gasteiger partial charge in [-0.2, -0.15) is 11.8 Å². The number of hydrogen-bond acceptors (Lipinski definition) is 2. The Kier molecular flexibility index (Phi) is 6.80. The van der Waals surface area contributed by atoms with Crippen molar-refractivity contribution in [2.75, 3.05) is 11.5 Å². The molecule has 0 saturated carbocycles. The van der Waals surface area contributed by atoms with Gasteiger partial charge in [0.2, 0.25) is 0 Å². The van der Waals surface area contributed by atoms with Gasteiger partial charge in [-0.1, -0.05) is 25.1 Å². The number of rotatable bonds is 7. The van der Waals surface area contributed by atoms with E-state index < -0.39 is 0 Å². The predicted octanol–water partition coefficient (Wildman–Crippen LogP) is 4.49. The van der Waals surface area contributed by atoms with Gasteiger partial charge in [-0.25, -0.2) is 0 Å². The molecule has 0 aromatic heterocycles. The lowest BCUT2D eigenvalue weighted by Crippen LogP contribution is -2.29. The highest BCUT2D eigenvalue weighted by atomic mass is 32.2. The van der Waals surface area contributed by atoms with Crippen molar-refractivity contribution >= 4 is 11.8 Å². The lowest BCUT2D eigenvalue weighted by molar-refractivity contribution is 0.471. The van der Waals surface area contributed by atoms with E-state index in [4.69, 9.17) is 0 Å². The van der Waals surface area contributed by atoms with Crippen molar-refractivity contribution in [2.24, 2.45) is 0 Å². The molecule has 2 unspecified atom stereocenters. The average Bonchev–Trinajstić information content (AvgIpc) is 2.33. The Bertz CT molecular complexity index is 362. The van der Waals surface area contributed by atoms with Crippen LogP contribution in [0.4, 0.5) is 0 Å². The molecule has 1 N–H and O–H groups in total. The minimum atomic E-state index is 0.436. The fourth-order valence-corrected chi connectivity index (χ4v) is 2.85. The van der Waals surface area contributed by atoms with Gasteiger partial charge >= 0.3 is 0 Å². The van der Waals surface area contributed by atoms with Crippen LogP contribution in [-0.4, -0.2) is 17.5 Å². The number of hydrogen-bond donors (Lipinski definition) is 1. The summed E-state index contributed by atoms with van der Waals surface area (Å²) in [6.07, 6.45) is 1.24. The fraction of sp³-hybridized carbons (Fsp3) is 0.625. The molecule has 2 heteroatoms. The smallest absolute Gasteiger partial charge is 0.0294 e. The summed E-state index contributed by atoms with van der Waals surface area (Å²) in [6, 6.07) is 7.79. The first kappa shape index (κ1) is 15.6. The minimum Gasteiger partial charge on any atom is -0.308 e. The summed E-state index contributed by atoms with van der Waals surface area (Å²) >= 11 is 2.02. The molecule has 18 heavy (non-hydrogen) atoms. The molecule has 1 aromatic carbocycles. The Morgan fingerprint density at radius 1 is 1.17 bits per heavy atom. The molecular weight excluding hydrogens is 238 g/mol. The van der Waals surface area contributed by atoms with Crippen LogP contribution in [0, 0.1) is 13.8 Å². The number of benzene rings is 1. The van der Waals surface area contributed by atoms with E-state index in [1.807, 2.05) is 11.8 Å². The van der Waals surface area contributed by atoms with Crippen LogP contribution in [0.2, 0.25) is 0 Å². The van der Waals surface area contributed by atoms with Crippen LogP contribution in [0.3, 0.4) is 0 Å². The predicted molar refractivity (Wildman–Crippen MR) is 84.5 cm³/mol. The summed E-state index contributed by atoms with van der Waals surface area (Å²) in [6.45, 7) is 11.1. The first-order valence-corrected chi connectivity index (χ1v) is 8.11. The van der Waals surface area contributed by atoms with Gasteiger partial charge in [0.1, 0.15) is 0 Å². The van der Waals surface area contributed by atoms with Gasteiger partial charge in [-0.15, -0.1) is 0 Å². The summed E-state index contributed by atoms with van der Waals surface area (Å²) in [5, 5.41) is 3.69. The first-order valence-electron chi connectivity index (χ1n) is 6.95. The normalized spacial score (nSPS) is 14.5. The molecule has 102 valence electrons. The molecule has 0 aliphatic rings. The third-order valence-electron chi connectivity index (χ3n) is 3.46. The Morgan fingerprint density at radius 3 is 2.50 bits per heavy atom. The van der Waals surface area contributed by atoms with Gasteiger partial charge in [-0.3, -0.25) is 0 Å². The van der Waals surface area contributed by atoms with Crippen molar-refractivity contribution in [1.82, 2.24) is 5.32 Å². The molecule has 0 spiro atoms. The number of aryl methyl sites for hydroxylation is 2. The van der Waals surface area contributed by atoms with Crippen molar-refractivity contribution in [3.05, 3.63) is 34.9 Å². The van der Waals surface area contributed by atoms with E-state index in [1.165, 1.54) is 34.6 Å². The van der Waals surface area contributed by atoms with E-state index in [-0.39, 0.29) is 0 Å². The maximum Gasteiger partial charge on any atom is 0.0294 e. The fourth-order valence-electron chi connectivity index (χ4n) is 2.04. The molecule has 0 heterocycles. The van der Waals surface area contributed by atoms with E-state index in [0.29, 0.717) is 12.1 Å². The topological polar surface area (TPSA) is 12.0 Å². The maximum absolute atomic E-state index is 3.69. The summed E-state index contributed by atoms with van der Waals surface area (Å²) in [5.41, 5.74) is 4.15. The SMILES string of the molecule is CCSCCC(C)NC(C)c1ccc(C)c(C)c1. The Morgan fingerprint density at radius 2 is 1.89 bits per heavy atom. The second-order valence-corrected chi connectivity index (χ2v) is 6.51. The van der Waals surface area contributed by atoms with Gasteiger partial charge in [0.15, 0.2) is 0 Å². The number of thioether (sulfide) groups is 1. The zero-order valence-electron chi connectivity index (χ0n) is 12.4. The van der Waals surface area contributed by atoms with Gasteiger partial charge in [0.25, 0.3) is 0 Å². The summed E-state index contributed by atoms with van der Waals surface area (Å²) < 4.78 is 0. The van der Waals surface area contributed by atoms with Crippen LogP contribution >= 0.6 is 11.8 Å². The zero-order chi connectivity index (χ0) is 13.5. The molecule has 2 atom stereocenters. The standard InChI is InChI=1S/C16H27NS/c1-6-18-10-9-14(4)17-15(5)16-8-7-12(2)13(3)11-16/h7-8,11,14-15,17H,6,9-10H2,1-5H3. The number of nitrogens with one attached hydrogen (secondary N) is 1. The lowest BCUT2D eigenvalue weighted by Gasteiger charge is -2.21. The highest BCUT2D eigenvalue weighted by Gasteiger charge is 2.09. The summed E-state index contributed by atoms with van der Waals surface area (Å²) in [7, 11) is 0. The monoisotopic (exact) mass is 265 g/mol. The molecular formula is C16H27NS. The van der Waals surface area contributed by atoms with Crippen molar-refractivity contribution in [3.63, 3.8) is 0 Å². The first-order chi connectivity index (χ1) is 8.54. The second-order valence-electron chi connectivity index (χ2n) is 5.12. The van der Waals surface area contributed by atoms with Crippen LogP contribution in [0.1, 0.15) is 49.9 Å². The van der Waals surface area contributed by atoms with Gasteiger partial charge in [-0.05, 0) is 62.3 Å². The van der Waals surface area contributed by atoms with Gasteiger partial charge in [0.05, 0.1) is 0 Å². The van der Waals surface area contributed by atoms with Crippen LogP contribution < -0.4 is 5.32 Å². The van der Waals surface area contributed by atoms with E-state index in [9.17, 15) is 0 Å². The third kappa shape index (κ3) is 5.03. The van der Waals surface area contributed by atoms with Gasteiger partial charge < -0.3 is 5.32 Å². The van der Waals surface area contributed by atoms with Crippen molar-refractivity contribution in [2.45, 2.75) is 53.1 Å². The van der Waals surface area contributed by atoms with E-state index in [0.717, 1.165) is 0 Å². The van der Waals surface area contributed by atoms with E-state index in [2.05, 4.69) is 58.1 Å². The summed E-state index contributed by atoms with van der Waals surface area (Å²) in [4.78, 5) is 0. The van der Waals surface area contributed by atoms with Crippen LogP contribution in [-0.2, 0) is 0 Å². The van der Waals surface area contributed by atoms with Crippen molar-refractivity contribution < 1.29 is 0 Å². The minimum absolute atomic E-state index is 0.436. The highest BCUT2D eigenvalue weighted by Crippen LogP contribution is 2.18. The molecule has 0 aliphatic heterocycles. The molecule has 0 amide bonds. The van der Waals surface area contributed by atoms with Crippen LogP contribution in [0.15, 0.2) is 18.2 Å². The molecule has 1 aromatic rings. The third-order valence-corrected chi connectivity index (χ3v) is 4.40. The Labute approximate surface area is 117 Å².